The van der Waals surface area contributed by atoms with Crippen molar-refractivity contribution in [3.05, 3.63) is 65.2 Å². The van der Waals surface area contributed by atoms with E-state index >= 15 is 0 Å². The molecule has 0 atom stereocenters. The minimum atomic E-state index is -0.556. The van der Waals surface area contributed by atoms with Crippen LogP contribution in [0.25, 0.3) is 0 Å². The summed E-state index contributed by atoms with van der Waals surface area (Å²) < 4.78 is 0. The topological polar surface area (TPSA) is 12.4 Å². The monoisotopic (exact) mass is 340 g/mol. The molecule has 2 aromatic rings. The van der Waals surface area contributed by atoms with E-state index in [0.717, 1.165) is 17.0 Å². The summed E-state index contributed by atoms with van der Waals surface area (Å²) in [6.45, 7) is 6.21. The quantitative estimate of drug-likeness (QED) is 0.382. The Hall–Kier alpha value is -0.596. The standard InChI is InChI=1S/C16H16N.2ClH.Ti/c1-12-8-7-9-13(2)16(12)17-14(3)15-10-5-4-6-11-15;;;/h4-10H,1-3H3;2*1H;/q-1;;;+2/p-2. The molecule has 1 nitrogen and oxygen atoms in total. The van der Waals surface area contributed by atoms with Gasteiger partial charge in [0, 0.05) is 0 Å². The van der Waals surface area contributed by atoms with Crippen molar-refractivity contribution >= 4 is 30.0 Å². The zero-order valence-electron chi connectivity index (χ0n) is 11.7. The molecule has 0 saturated carbocycles. The molecule has 0 aromatic heterocycles. The van der Waals surface area contributed by atoms with Gasteiger partial charge in [-0.1, -0.05) is 25.1 Å². The van der Waals surface area contributed by atoms with Crippen LogP contribution in [0.15, 0.2) is 47.5 Å². The molecule has 2 aromatic carbocycles. The van der Waals surface area contributed by atoms with Gasteiger partial charge in [-0.2, -0.15) is 0 Å². The average Bonchev–Trinajstić information content (AvgIpc) is 2.45. The summed E-state index contributed by atoms with van der Waals surface area (Å²) in [5.41, 5.74) is 5.54. The molecular formula is C16H16Cl2NTi-. The van der Waals surface area contributed by atoms with Crippen LogP contribution in [0.1, 0.15) is 23.6 Å². The van der Waals surface area contributed by atoms with E-state index in [-0.39, 0.29) is 0 Å². The van der Waals surface area contributed by atoms with Crippen LogP contribution in [0.2, 0.25) is 0 Å². The summed E-state index contributed by atoms with van der Waals surface area (Å²) in [5, 5.41) is 0. The van der Waals surface area contributed by atoms with Gasteiger partial charge in [-0.15, -0.1) is 35.9 Å². The first-order valence-electron chi connectivity index (χ1n) is 6.15. The predicted octanol–water partition coefficient (Wildman–Crippen LogP) is 5.62. The Balaban J connectivity index is 0.000000612. The second-order valence-electron chi connectivity index (χ2n) is 4.29. The summed E-state index contributed by atoms with van der Waals surface area (Å²) in [7, 11) is 9.78. The number of rotatable bonds is 2. The van der Waals surface area contributed by atoms with Gasteiger partial charge in [0.05, 0.1) is 5.69 Å². The number of hydrogen-bond acceptors (Lipinski definition) is 1. The van der Waals surface area contributed by atoms with Gasteiger partial charge >= 0.3 is 35.6 Å². The fourth-order valence-electron chi connectivity index (χ4n) is 1.83. The van der Waals surface area contributed by atoms with E-state index in [1.807, 2.05) is 31.2 Å². The van der Waals surface area contributed by atoms with Gasteiger partial charge in [0.1, 0.15) is 0 Å². The maximum atomic E-state index is 4.89. The summed E-state index contributed by atoms with van der Waals surface area (Å²) in [6.07, 6.45) is 0. The van der Waals surface area contributed by atoms with Crippen LogP contribution in [0.4, 0.5) is 5.69 Å². The van der Waals surface area contributed by atoms with Crippen LogP contribution in [0, 0.1) is 19.9 Å². The van der Waals surface area contributed by atoms with Crippen molar-refractivity contribution in [3.8, 4) is 0 Å². The van der Waals surface area contributed by atoms with E-state index in [1.54, 1.807) is 0 Å². The number of hydrogen-bond donors (Lipinski definition) is 0. The Morgan fingerprint density at radius 3 is 2.15 bits per heavy atom. The Labute approximate surface area is 137 Å². The van der Waals surface area contributed by atoms with E-state index in [2.05, 4.69) is 38.1 Å². The molecule has 0 unspecified atom stereocenters. The van der Waals surface area contributed by atoms with E-state index in [0.29, 0.717) is 0 Å². The molecule has 0 fully saturated rings. The molecule has 0 aliphatic rings. The Bertz CT molecular complexity index is 548. The molecule has 0 saturated heterocycles. The summed E-state index contributed by atoms with van der Waals surface area (Å²) in [6, 6.07) is 17.4. The second kappa shape index (κ2) is 9.36. The predicted molar refractivity (Wildman–Crippen MR) is 84.8 cm³/mol. The van der Waals surface area contributed by atoms with Gasteiger partial charge in [-0.25, -0.2) is 0 Å². The molecule has 0 N–H and O–H groups in total. The molecule has 0 amide bonds. The van der Waals surface area contributed by atoms with Crippen LogP contribution in [0.3, 0.4) is 0 Å². The summed E-state index contributed by atoms with van der Waals surface area (Å²) in [4.78, 5) is 4.71. The third kappa shape index (κ3) is 5.42. The van der Waals surface area contributed by atoms with Gasteiger partial charge in [-0.05, 0) is 30.7 Å². The van der Waals surface area contributed by atoms with Crippen molar-refractivity contribution in [1.82, 2.24) is 0 Å². The van der Waals surface area contributed by atoms with Gasteiger partial charge in [0.2, 0.25) is 0 Å². The van der Waals surface area contributed by atoms with Crippen molar-refractivity contribution < 1.29 is 17.0 Å². The molecule has 20 heavy (non-hydrogen) atoms. The molecule has 0 bridgehead atoms. The minimum absolute atomic E-state index is 0.556. The average molecular weight is 341 g/mol. The molecule has 0 aliphatic carbocycles. The maximum absolute atomic E-state index is 4.89. The van der Waals surface area contributed by atoms with Gasteiger partial charge < -0.3 is 4.99 Å². The molecule has 0 radical (unpaired) electrons. The first-order valence-corrected chi connectivity index (χ1v) is 10.4. The van der Waals surface area contributed by atoms with Crippen LogP contribution < -0.4 is 0 Å². The number of nitrogens with zero attached hydrogens (tertiary/aromatic N) is 1. The van der Waals surface area contributed by atoms with E-state index < -0.39 is 17.0 Å². The Morgan fingerprint density at radius 2 is 1.65 bits per heavy atom. The third-order valence-electron chi connectivity index (χ3n) is 2.82. The van der Waals surface area contributed by atoms with Crippen LogP contribution in [0.5, 0.6) is 0 Å². The van der Waals surface area contributed by atoms with Crippen molar-refractivity contribution in [3.63, 3.8) is 0 Å². The van der Waals surface area contributed by atoms with Crippen LogP contribution in [-0.4, -0.2) is 5.71 Å². The fraction of sp³-hybridized carbons (Fsp3) is 0.188. The van der Waals surface area contributed by atoms with Crippen molar-refractivity contribution in [2.24, 2.45) is 4.99 Å². The normalized spacial score (nSPS) is 10.6. The third-order valence-corrected chi connectivity index (χ3v) is 2.82. The van der Waals surface area contributed by atoms with Crippen molar-refractivity contribution in [2.75, 3.05) is 0 Å². The number of para-hydroxylation sites is 1. The van der Waals surface area contributed by atoms with Crippen LogP contribution in [-0.2, 0) is 17.0 Å². The molecule has 104 valence electrons. The van der Waals surface area contributed by atoms with Crippen molar-refractivity contribution in [1.29, 1.82) is 0 Å². The number of aryl methyl sites for hydroxylation is 2. The van der Waals surface area contributed by atoms with E-state index in [9.17, 15) is 0 Å². The van der Waals surface area contributed by atoms with Gasteiger partial charge in [-0.3, -0.25) is 0 Å². The Kier molecular flexibility index (Phi) is 8.17. The van der Waals surface area contributed by atoms with Gasteiger partial charge in [0.15, 0.2) is 0 Å². The molecule has 0 spiro atoms. The van der Waals surface area contributed by atoms with Crippen molar-refractivity contribution in [2.45, 2.75) is 20.8 Å². The number of aliphatic imine (C=N–C) groups is 1. The molecule has 4 heteroatoms. The van der Waals surface area contributed by atoms with Crippen LogP contribution >= 0.6 is 18.6 Å². The number of halogens is 2. The number of benzene rings is 2. The molecule has 2 rings (SSSR count). The fourth-order valence-corrected chi connectivity index (χ4v) is 1.83. The summed E-state index contributed by atoms with van der Waals surface area (Å²) >= 11 is -0.556. The Morgan fingerprint density at radius 1 is 1.05 bits per heavy atom. The molecule has 0 aliphatic heterocycles. The SMILES string of the molecule is CC(=Nc1c(C)cccc1C)c1[c-]cccc1.[Cl][Ti][Cl]. The molecular weight excluding hydrogens is 325 g/mol. The summed E-state index contributed by atoms with van der Waals surface area (Å²) in [5.74, 6) is 0. The van der Waals surface area contributed by atoms with E-state index in [1.165, 1.54) is 11.1 Å². The van der Waals surface area contributed by atoms with Gasteiger partial charge in [0.25, 0.3) is 0 Å². The van der Waals surface area contributed by atoms with E-state index in [4.69, 9.17) is 23.6 Å². The first kappa shape index (κ1) is 17.5. The first-order chi connectivity index (χ1) is 9.60. The molecule has 0 heterocycles. The zero-order valence-corrected chi connectivity index (χ0v) is 14.8. The zero-order chi connectivity index (χ0) is 15.0. The second-order valence-corrected chi connectivity index (χ2v) is 6.86.